The zero-order valence-electron chi connectivity index (χ0n) is 7.58. The fourth-order valence-electron chi connectivity index (χ4n) is 1.43. The third-order valence-corrected chi connectivity index (χ3v) is 3.69. The van der Waals surface area contributed by atoms with Gasteiger partial charge in [0.15, 0.2) is 0 Å². The van der Waals surface area contributed by atoms with Gasteiger partial charge >= 0.3 is 0 Å². The first-order valence-electron chi connectivity index (χ1n) is 4.22. The monoisotopic (exact) mass is 192 g/mol. The molecule has 0 bridgehead atoms. The largest absolute Gasteiger partial charge is 0.393 e. The van der Waals surface area contributed by atoms with Crippen LogP contribution in [-0.4, -0.2) is 31.6 Å². The Kier molecular flexibility index (Phi) is 2.50. The van der Waals surface area contributed by atoms with Gasteiger partial charge in [-0.2, -0.15) is 0 Å². The molecule has 0 aliphatic heterocycles. The lowest BCUT2D eigenvalue weighted by atomic mass is 9.98. The molecule has 0 saturated heterocycles. The van der Waals surface area contributed by atoms with Crippen molar-refractivity contribution in [2.24, 2.45) is 5.41 Å². The molecule has 1 atom stereocenters. The van der Waals surface area contributed by atoms with Crippen LogP contribution in [0.3, 0.4) is 0 Å². The third-order valence-electron chi connectivity index (χ3n) is 2.75. The summed E-state index contributed by atoms with van der Waals surface area (Å²) >= 11 is 0. The van der Waals surface area contributed by atoms with E-state index in [1.54, 1.807) is 6.92 Å². The normalized spacial score (nSPS) is 23.6. The highest BCUT2D eigenvalue weighted by molar-refractivity contribution is 7.90. The van der Waals surface area contributed by atoms with Crippen LogP contribution in [0.4, 0.5) is 0 Å². The van der Waals surface area contributed by atoms with Gasteiger partial charge in [-0.1, -0.05) is 0 Å². The molecule has 1 aliphatic carbocycles. The molecule has 0 aromatic heterocycles. The molecule has 1 aliphatic rings. The van der Waals surface area contributed by atoms with Crippen molar-refractivity contribution in [3.8, 4) is 0 Å². The highest BCUT2D eigenvalue weighted by Gasteiger charge is 2.46. The summed E-state index contributed by atoms with van der Waals surface area (Å²) in [6.45, 7) is 1.75. The minimum atomic E-state index is -2.86. The summed E-state index contributed by atoms with van der Waals surface area (Å²) in [5.41, 5.74) is -0.0664. The summed E-state index contributed by atoms with van der Waals surface area (Å²) in [5.74, 6) is 0.206. The molecule has 1 fully saturated rings. The van der Waals surface area contributed by atoms with Crippen LogP contribution in [0.15, 0.2) is 0 Å². The van der Waals surface area contributed by atoms with Crippen LogP contribution in [0, 0.1) is 5.41 Å². The van der Waals surface area contributed by atoms with Gasteiger partial charge in [0.05, 0.1) is 11.9 Å². The average Bonchev–Trinajstić information content (AvgIpc) is 2.61. The zero-order valence-corrected chi connectivity index (χ0v) is 8.39. The van der Waals surface area contributed by atoms with E-state index >= 15 is 0 Å². The van der Waals surface area contributed by atoms with Gasteiger partial charge in [0, 0.05) is 6.26 Å². The van der Waals surface area contributed by atoms with Crippen LogP contribution < -0.4 is 0 Å². The van der Waals surface area contributed by atoms with E-state index in [4.69, 9.17) is 0 Å². The summed E-state index contributed by atoms with van der Waals surface area (Å²) in [4.78, 5) is 0. The van der Waals surface area contributed by atoms with E-state index in [1.165, 1.54) is 6.26 Å². The standard InChI is InChI=1S/C8H16O3S/c1-7(9)8(3-4-8)5-6-12(2,10)11/h7,9H,3-6H2,1-2H3. The SMILES string of the molecule is CC(O)C1(CCS(C)(=O)=O)CC1. The van der Waals surface area contributed by atoms with Gasteiger partial charge in [-0.25, -0.2) is 8.42 Å². The summed E-state index contributed by atoms with van der Waals surface area (Å²) in [7, 11) is -2.86. The predicted molar refractivity (Wildman–Crippen MR) is 47.7 cm³/mol. The number of hydrogen-bond donors (Lipinski definition) is 1. The molecule has 0 spiro atoms. The second-order valence-electron chi connectivity index (χ2n) is 3.92. The van der Waals surface area contributed by atoms with Gasteiger partial charge in [-0.05, 0) is 31.6 Å². The fourth-order valence-corrected chi connectivity index (χ4v) is 2.20. The molecule has 3 nitrogen and oxygen atoms in total. The van der Waals surface area contributed by atoms with Crippen LogP contribution in [0.2, 0.25) is 0 Å². The van der Waals surface area contributed by atoms with Crippen molar-refractivity contribution in [2.75, 3.05) is 12.0 Å². The Balaban J connectivity index is 2.43. The van der Waals surface area contributed by atoms with Crippen molar-refractivity contribution < 1.29 is 13.5 Å². The number of aliphatic hydroxyl groups excluding tert-OH is 1. The number of sulfone groups is 1. The van der Waals surface area contributed by atoms with Crippen molar-refractivity contribution in [2.45, 2.75) is 32.3 Å². The first kappa shape index (κ1) is 9.99. The second-order valence-corrected chi connectivity index (χ2v) is 6.18. The Bertz CT molecular complexity index is 249. The molecule has 4 heteroatoms. The maximum Gasteiger partial charge on any atom is 0.147 e. The van der Waals surface area contributed by atoms with Crippen LogP contribution in [0.1, 0.15) is 26.2 Å². The summed E-state index contributed by atoms with van der Waals surface area (Å²) < 4.78 is 21.7. The first-order chi connectivity index (χ1) is 5.36. The molecule has 0 aromatic rings. The van der Waals surface area contributed by atoms with Gasteiger partial charge in [0.25, 0.3) is 0 Å². The predicted octanol–water partition coefficient (Wildman–Crippen LogP) is 0.582. The van der Waals surface area contributed by atoms with Crippen LogP contribution in [0.25, 0.3) is 0 Å². The molecule has 1 unspecified atom stereocenters. The van der Waals surface area contributed by atoms with E-state index in [2.05, 4.69) is 0 Å². The van der Waals surface area contributed by atoms with E-state index in [0.29, 0.717) is 6.42 Å². The summed E-state index contributed by atoms with van der Waals surface area (Å²) in [6, 6.07) is 0. The van der Waals surface area contributed by atoms with Crippen molar-refractivity contribution in [3.63, 3.8) is 0 Å². The van der Waals surface area contributed by atoms with Crippen LogP contribution in [0.5, 0.6) is 0 Å². The van der Waals surface area contributed by atoms with E-state index < -0.39 is 9.84 Å². The number of rotatable bonds is 4. The zero-order chi connectivity index (χ0) is 9.41. The Morgan fingerprint density at radius 2 is 2.00 bits per heavy atom. The molecule has 12 heavy (non-hydrogen) atoms. The number of aliphatic hydroxyl groups is 1. The van der Waals surface area contributed by atoms with Crippen molar-refractivity contribution in [3.05, 3.63) is 0 Å². The lowest BCUT2D eigenvalue weighted by Gasteiger charge is -2.17. The Hall–Kier alpha value is -0.0900. The average molecular weight is 192 g/mol. The molecular formula is C8H16O3S. The summed E-state index contributed by atoms with van der Waals surface area (Å²) in [6.07, 6.45) is 3.44. The quantitative estimate of drug-likeness (QED) is 0.709. The Labute approximate surface area is 73.7 Å². The second kappa shape index (κ2) is 3.00. The molecular weight excluding hydrogens is 176 g/mol. The first-order valence-corrected chi connectivity index (χ1v) is 6.28. The number of hydrogen-bond acceptors (Lipinski definition) is 3. The van der Waals surface area contributed by atoms with Crippen LogP contribution >= 0.6 is 0 Å². The lowest BCUT2D eigenvalue weighted by molar-refractivity contribution is 0.108. The molecule has 1 N–H and O–H groups in total. The van der Waals surface area contributed by atoms with Crippen LogP contribution in [-0.2, 0) is 9.84 Å². The Morgan fingerprint density at radius 3 is 2.25 bits per heavy atom. The lowest BCUT2D eigenvalue weighted by Crippen LogP contribution is -2.21. The minimum absolute atomic E-state index is 0.0664. The molecule has 1 saturated carbocycles. The molecule has 1 rings (SSSR count). The smallest absolute Gasteiger partial charge is 0.147 e. The van der Waals surface area contributed by atoms with Gasteiger partial charge in [0.1, 0.15) is 9.84 Å². The van der Waals surface area contributed by atoms with Gasteiger partial charge in [-0.15, -0.1) is 0 Å². The van der Waals surface area contributed by atoms with Crippen molar-refractivity contribution >= 4 is 9.84 Å². The molecule has 0 radical (unpaired) electrons. The molecule has 0 aromatic carbocycles. The highest BCUT2D eigenvalue weighted by atomic mass is 32.2. The molecule has 72 valence electrons. The molecule has 0 heterocycles. The third kappa shape index (κ3) is 2.45. The highest BCUT2D eigenvalue weighted by Crippen LogP contribution is 2.51. The minimum Gasteiger partial charge on any atom is -0.393 e. The topological polar surface area (TPSA) is 54.4 Å². The molecule has 0 amide bonds. The maximum atomic E-state index is 10.8. The summed E-state index contributed by atoms with van der Waals surface area (Å²) in [5, 5.41) is 9.34. The van der Waals surface area contributed by atoms with E-state index in [9.17, 15) is 13.5 Å². The van der Waals surface area contributed by atoms with Gasteiger partial charge in [-0.3, -0.25) is 0 Å². The van der Waals surface area contributed by atoms with E-state index in [0.717, 1.165) is 12.8 Å². The Morgan fingerprint density at radius 1 is 1.50 bits per heavy atom. The van der Waals surface area contributed by atoms with Gasteiger partial charge < -0.3 is 5.11 Å². The van der Waals surface area contributed by atoms with Crippen molar-refractivity contribution in [1.82, 2.24) is 0 Å². The fraction of sp³-hybridized carbons (Fsp3) is 1.00. The maximum absolute atomic E-state index is 10.8. The van der Waals surface area contributed by atoms with Crippen molar-refractivity contribution in [1.29, 1.82) is 0 Å². The van der Waals surface area contributed by atoms with E-state index in [1.807, 2.05) is 0 Å². The van der Waals surface area contributed by atoms with E-state index in [-0.39, 0.29) is 17.3 Å². The van der Waals surface area contributed by atoms with Gasteiger partial charge in [0.2, 0.25) is 0 Å².